The highest BCUT2D eigenvalue weighted by atomic mass is 16.1. The largest absolute Gasteiger partial charge is 0.353 e. The van der Waals surface area contributed by atoms with E-state index in [0.29, 0.717) is 36.9 Å². The van der Waals surface area contributed by atoms with Crippen LogP contribution in [0.1, 0.15) is 52.4 Å². The van der Waals surface area contributed by atoms with Gasteiger partial charge in [-0.1, -0.05) is 13.8 Å². The lowest BCUT2D eigenvalue weighted by molar-refractivity contribution is -0.123. The first-order valence-corrected chi connectivity index (χ1v) is 7.26. The second-order valence-electron chi connectivity index (χ2n) is 6.11. The molecule has 18 heavy (non-hydrogen) atoms. The summed E-state index contributed by atoms with van der Waals surface area (Å²) in [6, 6.07) is 0.658. The average Bonchev–Trinajstić information content (AvgIpc) is 2.30. The third-order valence-corrected chi connectivity index (χ3v) is 3.75. The second kappa shape index (κ2) is 7.74. The molecular weight excluding hydrogens is 226 g/mol. The lowest BCUT2D eigenvalue weighted by atomic mass is 9.90. The molecule has 1 atom stereocenters. The monoisotopic (exact) mass is 255 g/mol. The zero-order valence-corrected chi connectivity index (χ0v) is 11.8. The van der Waals surface area contributed by atoms with Crippen molar-refractivity contribution < 1.29 is 4.79 Å². The van der Waals surface area contributed by atoms with Crippen molar-refractivity contribution in [3.05, 3.63) is 0 Å². The van der Waals surface area contributed by atoms with E-state index >= 15 is 0 Å². The summed E-state index contributed by atoms with van der Waals surface area (Å²) in [5.74, 6) is 1.07. The normalized spacial score (nSPS) is 26.1. The number of hydrogen-bond acceptors (Lipinski definition) is 3. The van der Waals surface area contributed by atoms with Gasteiger partial charge in [-0.25, -0.2) is 0 Å². The molecule has 4 heteroatoms. The van der Waals surface area contributed by atoms with Gasteiger partial charge in [-0.2, -0.15) is 0 Å². The Morgan fingerprint density at radius 2 is 1.89 bits per heavy atom. The highest BCUT2D eigenvalue weighted by molar-refractivity contribution is 5.76. The molecule has 0 unspecified atom stereocenters. The fourth-order valence-electron chi connectivity index (χ4n) is 2.74. The molecule has 1 saturated carbocycles. The fraction of sp³-hybridized carbons (Fsp3) is 0.929. The zero-order chi connectivity index (χ0) is 13.5. The molecule has 0 saturated heterocycles. The summed E-state index contributed by atoms with van der Waals surface area (Å²) < 4.78 is 0. The van der Waals surface area contributed by atoms with Crippen LogP contribution >= 0.6 is 0 Å². The quantitative estimate of drug-likeness (QED) is 0.671. The summed E-state index contributed by atoms with van der Waals surface area (Å²) in [4.78, 5) is 11.9. The summed E-state index contributed by atoms with van der Waals surface area (Å²) in [5, 5.41) is 3.13. The Hall–Kier alpha value is -0.610. The topological polar surface area (TPSA) is 81.1 Å². The minimum Gasteiger partial charge on any atom is -0.353 e. The summed E-state index contributed by atoms with van der Waals surface area (Å²) in [7, 11) is 0. The number of nitrogens with one attached hydrogen (secondary N) is 1. The third-order valence-electron chi connectivity index (χ3n) is 3.75. The molecule has 5 N–H and O–H groups in total. The number of amides is 1. The van der Waals surface area contributed by atoms with Gasteiger partial charge in [-0.15, -0.1) is 0 Å². The molecule has 0 aromatic heterocycles. The smallest absolute Gasteiger partial charge is 0.220 e. The Balaban J connectivity index is 2.27. The van der Waals surface area contributed by atoms with Crippen LogP contribution in [0.25, 0.3) is 0 Å². The molecule has 0 bridgehead atoms. The predicted octanol–water partition coefficient (Wildman–Crippen LogP) is 1.38. The molecule has 0 spiro atoms. The van der Waals surface area contributed by atoms with Crippen LogP contribution in [0, 0.1) is 11.8 Å². The van der Waals surface area contributed by atoms with Gasteiger partial charge in [0.05, 0.1) is 0 Å². The third kappa shape index (κ3) is 5.83. The van der Waals surface area contributed by atoms with Crippen molar-refractivity contribution in [2.45, 2.75) is 64.5 Å². The highest BCUT2D eigenvalue weighted by Gasteiger charge is 2.21. The minimum absolute atomic E-state index is 0.159. The van der Waals surface area contributed by atoms with Crippen LogP contribution in [0.4, 0.5) is 0 Å². The lowest BCUT2D eigenvalue weighted by Crippen LogP contribution is -2.41. The second-order valence-corrected chi connectivity index (χ2v) is 6.11. The molecule has 1 rings (SSSR count). The molecule has 0 heterocycles. The minimum atomic E-state index is 0.159. The van der Waals surface area contributed by atoms with Crippen LogP contribution < -0.4 is 16.8 Å². The van der Waals surface area contributed by atoms with Gasteiger partial charge < -0.3 is 16.8 Å². The summed E-state index contributed by atoms with van der Waals surface area (Å²) >= 11 is 0. The van der Waals surface area contributed by atoms with E-state index in [2.05, 4.69) is 19.2 Å². The van der Waals surface area contributed by atoms with E-state index < -0.39 is 0 Å². The summed E-state index contributed by atoms with van der Waals surface area (Å²) in [6.07, 6.45) is 5.68. The van der Waals surface area contributed by atoms with E-state index in [9.17, 15) is 4.79 Å². The average molecular weight is 255 g/mol. The van der Waals surface area contributed by atoms with Crippen LogP contribution in [0.15, 0.2) is 0 Å². The SMILES string of the molecule is CC(C)C[C@H](CN)CC(=O)NC1CCC(N)CC1. The molecule has 1 aliphatic carbocycles. The number of rotatable bonds is 6. The molecule has 1 fully saturated rings. The zero-order valence-electron chi connectivity index (χ0n) is 11.8. The van der Waals surface area contributed by atoms with Crippen molar-refractivity contribution in [2.24, 2.45) is 23.3 Å². The fourth-order valence-corrected chi connectivity index (χ4v) is 2.74. The molecule has 0 radical (unpaired) electrons. The number of carbonyl (C=O) groups is 1. The van der Waals surface area contributed by atoms with Crippen LogP contribution in [0.3, 0.4) is 0 Å². The number of hydrogen-bond donors (Lipinski definition) is 3. The van der Waals surface area contributed by atoms with Gasteiger partial charge in [0.15, 0.2) is 0 Å². The summed E-state index contributed by atoms with van der Waals surface area (Å²) in [5.41, 5.74) is 11.6. The van der Waals surface area contributed by atoms with Crippen LogP contribution in [-0.2, 0) is 4.79 Å². The molecular formula is C14H29N3O. The predicted molar refractivity (Wildman–Crippen MR) is 75.0 cm³/mol. The number of carbonyl (C=O) groups excluding carboxylic acids is 1. The van der Waals surface area contributed by atoms with Gasteiger partial charge in [-0.05, 0) is 50.5 Å². The molecule has 1 aliphatic rings. The van der Waals surface area contributed by atoms with Gasteiger partial charge in [0.1, 0.15) is 0 Å². The molecule has 1 amide bonds. The maximum Gasteiger partial charge on any atom is 0.220 e. The van der Waals surface area contributed by atoms with Crippen molar-refractivity contribution in [3.8, 4) is 0 Å². The van der Waals surface area contributed by atoms with E-state index in [-0.39, 0.29) is 5.91 Å². The lowest BCUT2D eigenvalue weighted by Gasteiger charge is -2.27. The maximum absolute atomic E-state index is 11.9. The van der Waals surface area contributed by atoms with Crippen LogP contribution in [0.5, 0.6) is 0 Å². The highest BCUT2D eigenvalue weighted by Crippen LogP contribution is 2.18. The van der Waals surface area contributed by atoms with E-state index in [1.165, 1.54) is 0 Å². The Morgan fingerprint density at radius 1 is 1.28 bits per heavy atom. The first-order chi connectivity index (χ1) is 8.51. The van der Waals surface area contributed by atoms with Crippen LogP contribution in [-0.4, -0.2) is 24.5 Å². The number of nitrogens with two attached hydrogens (primary N) is 2. The van der Waals surface area contributed by atoms with E-state index in [0.717, 1.165) is 32.1 Å². The van der Waals surface area contributed by atoms with Gasteiger partial charge in [0, 0.05) is 18.5 Å². The van der Waals surface area contributed by atoms with Gasteiger partial charge in [0.25, 0.3) is 0 Å². The molecule has 0 aliphatic heterocycles. The van der Waals surface area contributed by atoms with Gasteiger partial charge in [-0.3, -0.25) is 4.79 Å². The van der Waals surface area contributed by atoms with Gasteiger partial charge in [0.2, 0.25) is 5.91 Å². The Bertz CT molecular complexity index is 247. The standard InChI is InChI=1S/C14H29N3O/c1-10(2)7-11(9-15)8-14(18)17-13-5-3-12(16)4-6-13/h10-13H,3-9,15-16H2,1-2H3,(H,17,18)/t11-,12?,13?/m0/s1. The Morgan fingerprint density at radius 3 is 2.39 bits per heavy atom. The van der Waals surface area contributed by atoms with Crippen LogP contribution in [0.2, 0.25) is 0 Å². The van der Waals surface area contributed by atoms with Crippen molar-refractivity contribution >= 4 is 5.91 Å². The maximum atomic E-state index is 11.9. The van der Waals surface area contributed by atoms with Crippen molar-refractivity contribution in [2.75, 3.05) is 6.54 Å². The first-order valence-electron chi connectivity index (χ1n) is 7.26. The summed E-state index contributed by atoms with van der Waals surface area (Å²) in [6.45, 7) is 4.94. The Kier molecular flexibility index (Phi) is 6.65. The molecule has 106 valence electrons. The van der Waals surface area contributed by atoms with Gasteiger partial charge >= 0.3 is 0 Å². The van der Waals surface area contributed by atoms with E-state index in [1.807, 2.05) is 0 Å². The van der Waals surface area contributed by atoms with Crippen molar-refractivity contribution in [3.63, 3.8) is 0 Å². The van der Waals surface area contributed by atoms with E-state index in [1.54, 1.807) is 0 Å². The molecule has 0 aromatic rings. The molecule has 4 nitrogen and oxygen atoms in total. The van der Waals surface area contributed by atoms with E-state index in [4.69, 9.17) is 11.5 Å². The van der Waals surface area contributed by atoms with Crippen molar-refractivity contribution in [1.82, 2.24) is 5.32 Å². The first kappa shape index (κ1) is 15.4. The molecule has 0 aromatic carbocycles. The Labute approximate surface area is 111 Å². The van der Waals surface area contributed by atoms with Crippen molar-refractivity contribution in [1.29, 1.82) is 0 Å².